The van der Waals surface area contributed by atoms with Crippen LogP contribution < -0.4 is 4.74 Å². The highest BCUT2D eigenvalue weighted by Crippen LogP contribution is 2.31. The number of aromatic nitrogens is 1. The number of nitrogens with zero attached hydrogens (tertiary/aromatic N) is 2. The molecule has 0 atom stereocenters. The molecule has 1 aliphatic heterocycles. The zero-order valence-corrected chi connectivity index (χ0v) is 14.5. The second-order valence-corrected chi connectivity index (χ2v) is 7.01. The van der Waals surface area contributed by atoms with E-state index in [0.717, 1.165) is 28.4 Å². The van der Waals surface area contributed by atoms with Crippen LogP contribution in [0, 0.1) is 0 Å². The lowest BCUT2D eigenvalue weighted by molar-refractivity contribution is -0.134. The van der Waals surface area contributed by atoms with Crippen LogP contribution in [0.5, 0.6) is 5.75 Å². The van der Waals surface area contributed by atoms with Gasteiger partial charge >= 0.3 is 0 Å². The number of hydrogen-bond acceptors (Lipinski definition) is 4. The third kappa shape index (κ3) is 3.56. The first-order valence-corrected chi connectivity index (χ1v) is 9.11. The number of ether oxygens (including phenoxy) is 1. The summed E-state index contributed by atoms with van der Waals surface area (Å²) in [4.78, 5) is 20.2. The molecular weight excluding hydrogens is 332 g/mol. The second-order valence-electron chi connectivity index (χ2n) is 5.92. The first-order valence-electron chi connectivity index (χ1n) is 8.29. The second kappa shape index (κ2) is 7.07. The Kier molecular flexibility index (Phi) is 4.48. The molecule has 3 aromatic rings. The molecule has 1 aliphatic rings. The predicted octanol–water partition coefficient (Wildman–Crippen LogP) is 3.77. The monoisotopic (exact) mass is 350 g/mol. The van der Waals surface area contributed by atoms with Gasteiger partial charge in [-0.2, -0.15) is 0 Å². The summed E-state index contributed by atoms with van der Waals surface area (Å²) in [5, 5.41) is 1.03. The molecule has 0 aliphatic carbocycles. The molecule has 25 heavy (non-hydrogen) atoms. The zero-order valence-electron chi connectivity index (χ0n) is 13.7. The van der Waals surface area contributed by atoms with Crippen LogP contribution >= 0.6 is 11.3 Å². The first kappa shape index (κ1) is 15.8. The number of thiazole rings is 1. The van der Waals surface area contributed by atoms with Gasteiger partial charge in [0.05, 0.1) is 12.2 Å². The molecular formula is C20H18N2O2S. The average Bonchev–Trinajstić information content (AvgIpc) is 3.11. The summed E-state index contributed by atoms with van der Waals surface area (Å²) in [5.74, 6) is 0.738. The molecule has 0 bridgehead atoms. The fraction of sp³-hybridized carbons (Fsp3) is 0.200. The van der Waals surface area contributed by atoms with Crippen LogP contribution in [0.3, 0.4) is 0 Å². The molecule has 5 heteroatoms. The summed E-state index contributed by atoms with van der Waals surface area (Å²) in [6.45, 7) is 1.39. The highest BCUT2D eigenvalue weighted by Gasteiger charge is 2.24. The number of para-hydroxylation sites is 1. The van der Waals surface area contributed by atoms with Crippen molar-refractivity contribution < 1.29 is 9.53 Å². The van der Waals surface area contributed by atoms with Crippen LogP contribution in [0.1, 0.15) is 10.6 Å². The number of amides is 1. The van der Waals surface area contributed by atoms with Gasteiger partial charge in [-0.05, 0) is 12.1 Å². The van der Waals surface area contributed by atoms with Gasteiger partial charge in [0.15, 0.2) is 6.61 Å². The summed E-state index contributed by atoms with van der Waals surface area (Å²) in [6, 6.07) is 19.6. The smallest absolute Gasteiger partial charge is 0.260 e. The van der Waals surface area contributed by atoms with E-state index in [0.29, 0.717) is 13.1 Å². The van der Waals surface area contributed by atoms with Gasteiger partial charge in [0.1, 0.15) is 10.8 Å². The number of hydrogen-bond donors (Lipinski definition) is 0. The van der Waals surface area contributed by atoms with E-state index in [2.05, 4.69) is 12.1 Å². The Balaban J connectivity index is 1.42. The highest BCUT2D eigenvalue weighted by atomic mass is 32.1. The molecule has 126 valence electrons. The fourth-order valence-corrected chi connectivity index (χ4v) is 3.99. The zero-order chi connectivity index (χ0) is 17.1. The standard InChI is InChI=1S/C20H18N2O2S/c23-19(14-24-16-9-5-2-6-10-16)22-12-11-17-18(13-22)25-20(21-17)15-7-3-1-4-8-15/h1-10H,11-14H2. The Labute approximate surface area is 150 Å². The van der Waals surface area contributed by atoms with E-state index >= 15 is 0 Å². The van der Waals surface area contributed by atoms with Gasteiger partial charge in [-0.1, -0.05) is 48.5 Å². The molecule has 0 radical (unpaired) electrons. The van der Waals surface area contributed by atoms with Crippen molar-refractivity contribution in [2.45, 2.75) is 13.0 Å². The lowest BCUT2D eigenvalue weighted by Gasteiger charge is -2.26. The van der Waals surface area contributed by atoms with Crippen LogP contribution in [-0.4, -0.2) is 28.9 Å². The lowest BCUT2D eigenvalue weighted by atomic mass is 10.1. The number of rotatable bonds is 4. The minimum absolute atomic E-state index is 0.0177. The molecule has 0 fully saturated rings. The van der Waals surface area contributed by atoms with Crippen molar-refractivity contribution in [1.82, 2.24) is 9.88 Å². The van der Waals surface area contributed by atoms with Crippen molar-refractivity contribution in [2.75, 3.05) is 13.2 Å². The summed E-state index contributed by atoms with van der Waals surface area (Å²) in [7, 11) is 0. The normalized spacial score (nSPS) is 13.4. The Bertz CT molecular complexity index is 862. The van der Waals surface area contributed by atoms with Crippen molar-refractivity contribution >= 4 is 17.2 Å². The molecule has 0 spiro atoms. The Morgan fingerprint density at radius 3 is 2.56 bits per heavy atom. The van der Waals surface area contributed by atoms with E-state index in [9.17, 15) is 4.79 Å². The average molecular weight is 350 g/mol. The Hall–Kier alpha value is -2.66. The van der Waals surface area contributed by atoms with Crippen LogP contribution in [0.4, 0.5) is 0 Å². The predicted molar refractivity (Wildman–Crippen MR) is 98.6 cm³/mol. The topological polar surface area (TPSA) is 42.4 Å². The van der Waals surface area contributed by atoms with Gasteiger partial charge in [0, 0.05) is 23.4 Å². The van der Waals surface area contributed by atoms with Gasteiger partial charge in [-0.15, -0.1) is 11.3 Å². The number of carbonyl (C=O) groups is 1. The SMILES string of the molecule is O=C(COc1ccccc1)N1CCc2nc(-c3ccccc3)sc2C1. The maximum Gasteiger partial charge on any atom is 0.260 e. The quantitative estimate of drug-likeness (QED) is 0.719. The minimum Gasteiger partial charge on any atom is -0.484 e. The summed E-state index contributed by atoms with van der Waals surface area (Å²) >= 11 is 1.68. The molecule has 0 saturated carbocycles. The van der Waals surface area contributed by atoms with Crippen molar-refractivity contribution in [2.24, 2.45) is 0 Å². The highest BCUT2D eigenvalue weighted by molar-refractivity contribution is 7.15. The van der Waals surface area contributed by atoms with E-state index in [1.165, 1.54) is 4.88 Å². The number of carbonyl (C=O) groups excluding carboxylic acids is 1. The fourth-order valence-electron chi connectivity index (χ4n) is 2.87. The third-order valence-corrected chi connectivity index (χ3v) is 5.34. The molecule has 2 heterocycles. The summed E-state index contributed by atoms with van der Waals surface area (Å²) in [5.41, 5.74) is 2.25. The Morgan fingerprint density at radius 2 is 1.80 bits per heavy atom. The van der Waals surface area contributed by atoms with Gasteiger partial charge in [-0.25, -0.2) is 4.98 Å². The molecule has 2 aromatic carbocycles. The maximum atomic E-state index is 12.4. The lowest BCUT2D eigenvalue weighted by Crippen LogP contribution is -2.38. The molecule has 0 unspecified atom stereocenters. The van der Waals surface area contributed by atoms with Gasteiger partial charge < -0.3 is 9.64 Å². The largest absolute Gasteiger partial charge is 0.484 e. The maximum absolute atomic E-state index is 12.4. The van der Waals surface area contributed by atoms with Crippen molar-refractivity contribution in [3.05, 3.63) is 71.2 Å². The molecule has 4 nitrogen and oxygen atoms in total. The molecule has 1 amide bonds. The van der Waals surface area contributed by atoms with Gasteiger partial charge in [0.25, 0.3) is 5.91 Å². The number of fused-ring (bicyclic) bond motifs is 1. The minimum atomic E-state index is 0.0177. The van der Waals surface area contributed by atoms with E-state index in [1.807, 2.05) is 53.4 Å². The van der Waals surface area contributed by atoms with Gasteiger partial charge in [-0.3, -0.25) is 4.79 Å². The van der Waals surface area contributed by atoms with E-state index in [4.69, 9.17) is 9.72 Å². The first-order chi connectivity index (χ1) is 12.3. The molecule has 0 N–H and O–H groups in total. The van der Waals surface area contributed by atoms with Crippen molar-refractivity contribution in [3.8, 4) is 16.3 Å². The van der Waals surface area contributed by atoms with Crippen molar-refractivity contribution in [3.63, 3.8) is 0 Å². The summed E-state index contributed by atoms with van der Waals surface area (Å²) < 4.78 is 5.58. The number of benzene rings is 2. The summed E-state index contributed by atoms with van der Waals surface area (Å²) in [6.07, 6.45) is 0.801. The third-order valence-electron chi connectivity index (χ3n) is 4.21. The van der Waals surface area contributed by atoms with E-state index in [-0.39, 0.29) is 12.5 Å². The Morgan fingerprint density at radius 1 is 1.08 bits per heavy atom. The van der Waals surface area contributed by atoms with Crippen LogP contribution in [0.15, 0.2) is 60.7 Å². The van der Waals surface area contributed by atoms with Crippen LogP contribution in [0.25, 0.3) is 10.6 Å². The van der Waals surface area contributed by atoms with Crippen LogP contribution in [-0.2, 0) is 17.8 Å². The van der Waals surface area contributed by atoms with E-state index < -0.39 is 0 Å². The molecule has 1 aromatic heterocycles. The molecule has 0 saturated heterocycles. The van der Waals surface area contributed by atoms with Gasteiger partial charge in [0.2, 0.25) is 0 Å². The van der Waals surface area contributed by atoms with Crippen LogP contribution in [0.2, 0.25) is 0 Å². The molecule has 4 rings (SSSR count). The van der Waals surface area contributed by atoms with Crippen molar-refractivity contribution in [1.29, 1.82) is 0 Å². The van der Waals surface area contributed by atoms with E-state index in [1.54, 1.807) is 11.3 Å².